The average Bonchev–Trinajstić information content (AvgIpc) is 2.36. The van der Waals surface area contributed by atoms with Crippen molar-refractivity contribution in [2.24, 2.45) is 0 Å². The number of anilines is 1. The Morgan fingerprint density at radius 1 is 1.36 bits per heavy atom. The first-order valence-corrected chi connectivity index (χ1v) is 3.05. The molecule has 0 aliphatic carbocycles. The van der Waals surface area contributed by atoms with Crippen molar-refractivity contribution in [3.63, 3.8) is 0 Å². The Hall–Kier alpha value is -1.22. The molecule has 0 saturated carbocycles. The van der Waals surface area contributed by atoms with E-state index in [2.05, 4.69) is 9.97 Å². The Labute approximate surface area is 70.0 Å². The molecule has 0 aromatic carbocycles. The molecule has 3 nitrogen and oxygen atoms in total. The zero-order valence-corrected chi connectivity index (χ0v) is 6.56. The number of nitrogens with zero attached hydrogens (tertiary/aromatic N) is 1. The number of nitrogens with one attached hydrogen (secondary N) is 1. The van der Waals surface area contributed by atoms with Crippen molar-refractivity contribution in [2.45, 2.75) is 0 Å². The average molecular weight is 170 g/mol. The molecule has 0 amide bonds. The van der Waals surface area contributed by atoms with Gasteiger partial charge >= 0.3 is 0 Å². The zero-order chi connectivity index (χ0) is 6.97. The molecule has 0 spiro atoms. The molecule has 0 bridgehead atoms. The van der Waals surface area contributed by atoms with Crippen molar-refractivity contribution in [1.29, 1.82) is 0 Å². The third-order valence-corrected chi connectivity index (χ3v) is 1.49. The molecule has 0 radical (unpaired) electrons. The summed E-state index contributed by atoms with van der Waals surface area (Å²) in [7, 11) is 0. The van der Waals surface area contributed by atoms with Gasteiger partial charge in [0.05, 0.1) is 0 Å². The molecule has 2 aromatic heterocycles. The minimum atomic E-state index is 0. The fraction of sp³-hybridized carbons (Fsp3) is 0. The SMILES string of the molecule is Cl.Nc1ccnc2[nH]ccc12. The summed E-state index contributed by atoms with van der Waals surface area (Å²) in [5.74, 6) is 0. The van der Waals surface area contributed by atoms with E-state index in [1.165, 1.54) is 0 Å². The Morgan fingerprint density at radius 3 is 2.91 bits per heavy atom. The summed E-state index contributed by atoms with van der Waals surface area (Å²) >= 11 is 0. The van der Waals surface area contributed by atoms with Crippen LogP contribution in [-0.4, -0.2) is 9.97 Å². The van der Waals surface area contributed by atoms with E-state index in [1.807, 2.05) is 12.3 Å². The van der Waals surface area contributed by atoms with Crippen LogP contribution in [0.4, 0.5) is 5.69 Å². The summed E-state index contributed by atoms with van der Waals surface area (Å²) in [5.41, 5.74) is 7.26. The van der Waals surface area contributed by atoms with Crippen LogP contribution >= 0.6 is 12.4 Å². The zero-order valence-electron chi connectivity index (χ0n) is 5.74. The van der Waals surface area contributed by atoms with E-state index in [0.29, 0.717) is 0 Å². The predicted octanol–water partition coefficient (Wildman–Crippen LogP) is 1.57. The summed E-state index contributed by atoms with van der Waals surface area (Å²) in [5, 5.41) is 0.988. The molecular weight excluding hydrogens is 162 g/mol. The summed E-state index contributed by atoms with van der Waals surface area (Å²) < 4.78 is 0. The van der Waals surface area contributed by atoms with E-state index in [9.17, 15) is 0 Å². The minimum absolute atomic E-state index is 0. The van der Waals surface area contributed by atoms with Crippen LogP contribution in [0.15, 0.2) is 24.5 Å². The Morgan fingerprint density at radius 2 is 2.18 bits per heavy atom. The topological polar surface area (TPSA) is 54.7 Å². The quantitative estimate of drug-likeness (QED) is 0.629. The maximum atomic E-state index is 5.64. The smallest absolute Gasteiger partial charge is 0.139 e. The maximum absolute atomic E-state index is 5.64. The lowest BCUT2D eigenvalue weighted by molar-refractivity contribution is 1.33. The van der Waals surface area contributed by atoms with Crippen molar-refractivity contribution in [2.75, 3.05) is 5.73 Å². The predicted molar refractivity (Wildman–Crippen MR) is 47.8 cm³/mol. The second-order valence-electron chi connectivity index (χ2n) is 2.14. The summed E-state index contributed by atoms with van der Waals surface area (Å²) in [4.78, 5) is 7.04. The van der Waals surface area contributed by atoms with Crippen LogP contribution < -0.4 is 5.73 Å². The second kappa shape index (κ2) is 2.80. The monoisotopic (exact) mass is 169 g/mol. The maximum Gasteiger partial charge on any atom is 0.139 e. The number of hydrogen-bond donors (Lipinski definition) is 2. The van der Waals surface area contributed by atoms with Gasteiger partial charge in [0.1, 0.15) is 5.65 Å². The molecule has 0 unspecified atom stereocenters. The summed E-state index contributed by atoms with van der Waals surface area (Å²) in [6.45, 7) is 0. The van der Waals surface area contributed by atoms with E-state index >= 15 is 0 Å². The van der Waals surface area contributed by atoms with E-state index in [1.54, 1.807) is 12.3 Å². The fourth-order valence-corrected chi connectivity index (χ4v) is 0.982. The van der Waals surface area contributed by atoms with Crippen LogP contribution in [0, 0.1) is 0 Å². The van der Waals surface area contributed by atoms with Gasteiger partial charge in [-0.05, 0) is 12.1 Å². The largest absolute Gasteiger partial charge is 0.398 e. The highest BCUT2D eigenvalue weighted by Crippen LogP contribution is 2.15. The highest BCUT2D eigenvalue weighted by Gasteiger charge is 1.95. The lowest BCUT2D eigenvalue weighted by Crippen LogP contribution is -1.85. The molecule has 0 atom stereocenters. The molecule has 3 N–H and O–H groups in total. The number of nitrogens with two attached hydrogens (primary N) is 1. The van der Waals surface area contributed by atoms with Gasteiger partial charge in [0.2, 0.25) is 0 Å². The first-order valence-electron chi connectivity index (χ1n) is 3.05. The normalized spacial score (nSPS) is 9.45. The highest BCUT2D eigenvalue weighted by molar-refractivity contribution is 5.87. The Bertz CT molecular complexity index is 355. The summed E-state index contributed by atoms with van der Waals surface area (Å²) in [6, 6.07) is 3.70. The summed E-state index contributed by atoms with van der Waals surface area (Å²) in [6.07, 6.45) is 3.52. The fourth-order valence-electron chi connectivity index (χ4n) is 0.982. The third kappa shape index (κ3) is 1.14. The number of fused-ring (bicyclic) bond motifs is 1. The molecule has 0 aliphatic heterocycles. The van der Waals surface area contributed by atoms with Gasteiger partial charge in [-0.15, -0.1) is 12.4 Å². The molecule has 0 saturated heterocycles. The van der Waals surface area contributed by atoms with Crippen LogP contribution in [0.5, 0.6) is 0 Å². The van der Waals surface area contributed by atoms with Crippen LogP contribution in [-0.2, 0) is 0 Å². The second-order valence-corrected chi connectivity index (χ2v) is 2.14. The molecule has 11 heavy (non-hydrogen) atoms. The number of aromatic amines is 1. The molecule has 58 valence electrons. The van der Waals surface area contributed by atoms with Crippen LogP contribution in [0.2, 0.25) is 0 Å². The van der Waals surface area contributed by atoms with Gasteiger partial charge in [-0.2, -0.15) is 0 Å². The molecule has 2 aromatic rings. The number of pyridine rings is 1. The van der Waals surface area contributed by atoms with Gasteiger partial charge in [0.15, 0.2) is 0 Å². The third-order valence-electron chi connectivity index (χ3n) is 1.49. The lowest BCUT2D eigenvalue weighted by atomic mass is 10.3. The van der Waals surface area contributed by atoms with Crippen LogP contribution in [0.3, 0.4) is 0 Å². The van der Waals surface area contributed by atoms with Crippen molar-refractivity contribution in [3.8, 4) is 0 Å². The van der Waals surface area contributed by atoms with Gasteiger partial charge in [0.25, 0.3) is 0 Å². The van der Waals surface area contributed by atoms with Gasteiger partial charge in [0, 0.05) is 23.5 Å². The molecular formula is C7H8ClN3. The number of nitrogen functional groups attached to an aromatic ring is 1. The van der Waals surface area contributed by atoms with Crippen molar-refractivity contribution in [3.05, 3.63) is 24.5 Å². The first-order chi connectivity index (χ1) is 4.88. The van der Waals surface area contributed by atoms with Crippen molar-refractivity contribution < 1.29 is 0 Å². The van der Waals surface area contributed by atoms with E-state index in [4.69, 9.17) is 5.73 Å². The van der Waals surface area contributed by atoms with Crippen molar-refractivity contribution >= 4 is 29.1 Å². The number of hydrogen-bond acceptors (Lipinski definition) is 2. The minimum Gasteiger partial charge on any atom is -0.398 e. The number of H-pyrrole nitrogens is 1. The van der Waals surface area contributed by atoms with E-state index < -0.39 is 0 Å². The molecule has 4 heteroatoms. The van der Waals surface area contributed by atoms with Crippen LogP contribution in [0.25, 0.3) is 11.0 Å². The highest BCUT2D eigenvalue weighted by atomic mass is 35.5. The number of halogens is 1. The molecule has 0 aliphatic rings. The molecule has 2 heterocycles. The van der Waals surface area contributed by atoms with E-state index in [0.717, 1.165) is 16.7 Å². The molecule has 2 rings (SSSR count). The lowest BCUT2D eigenvalue weighted by Gasteiger charge is -1.91. The standard InChI is InChI=1S/C7H7N3.ClH/c8-6-2-4-10-7-5(6)1-3-9-7;/h1-4H,(H3,8,9,10);1H. The van der Waals surface area contributed by atoms with Gasteiger partial charge in [-0.1, -0.05) is 0 Å². The van der Waals surface area contributed by atoms with E-state index in [-0.39, 0.29) is 12.4 Å². The van der Waals surface area contributed by atoms with Gasteiger partial charge in [-0.25, -0.2) is 4.98 Å². The van der Waals surface area contributed by atoms with Crippen molar-refractivity contribution in [1.82, 2.24) is 9.97 Å². The van der Waals surface area contributed by atoms with Crippen LogP contribution in [0.1, 0.15) is 0 Å². The Balaban J connectivity index is 0.000000605. The van der Waals surface area contributed by atoms with Gasteiger partial charge < -0.3 is 10.7 Å². The number of rotatable bonds is 0. The van der Waals surface area contributed by atoms with Gasteiger partial charge in [-0.3, -0.25) is 0 Å². The molecule has 0 fully saturated rings. The Kier molecular flexibility index (Phi) is 2.01. The first kappa shape index (κ1) is 7.88. The number of aromatic nitrogens is 2.